The number of thiazole rings is 1. The second-order valence-electron chi connectivity index (χ2n) is 7.17. The number of nitro groups is 1. The maximum Gasteiger partial charge on any atom is 0.324 e. The van der Waals surface area contributed by atoms with Crippen LogP contribution in [0.25, 0.3) is 16.3 Å². The van der Waals surface area contributed by atoms with Crippen LogP contribution in [0.3, 0.4) is 0 Å². The molecule has 1 amide bonds. The van der Waals surface area contributed by atoms with Crippen LogP contribution < -0.4 is 9.64 Å². The number of nitrogens with zero attached hydrogens (tertiary/aromatic N) is 4. The number of amides is 1. The molecule has 0 aliphatic rings. The first kappa shape index (κ1) is 25.7. The van der Waals surface area contributed by atoms with Crippen molar-refractivity contribution >= 4 is 67.4 Å². The van der Waals surface area contributed by atoms with Crippen molar-refractivity contribution in [1.29, 1.82) is 0 Å². The molecule has 32 heavy (non-hydrogen) atoms. The normalized spacial score (nSPS) is 11.2. The number of thiophene rings is 1. The van der Waals surface area contributed by atoms with Crippen LogP contribution in [0.1, 0.15) is 16.9 Å². The van der Waals surface area contributed by atoms with E-state index in [-0.39, 0.29) is 23.3 Å². The molecule has 11 heteroatoms. The van der Waals surface area contributed by atoms with Gasteiger partial charge in [-0.1, -0.05) is 28.7 Å². The van der Waals surface area contributed by atoms with E-state index in [1.807, 2.05) is 33.2 Å². The first-order valence-electron chi connectivity index (χ1n) is 9.63. The monoisotopic (exact) mass is 496 g/mol. The quantitative estimate of drug-likeness (QED) is 0.235. The Morgan fingerprint density at radius 3 is 2.59 bits per heavy atom. The number of anilines is 1. The Labute approximate surface area is 200 Å². The van der Waals surface area contributed by atoms with Crippen molar-refractivity contribution in [3.8, 4) is 5.75 Å². The van der Waals surface area contributed by atoms with Gasteiger partial charge in [0.2, 0.25) is 0 Å². The molecule has 172 valence electrons. The molecule has 1 aromatic carbocycles. The minimum absolute atomic E-state index is 0. The zero-order chi connectivity index (χ0) is 22.5. The van der Waals surface area contributed by atoms with E-state index in [1.165, 1.54) is 23.5 Å². The van der Waals surface area contributed by atoms with Crippen molar-refractivity contribution in [1.82, 2.24) is 9.88 Å². The van der Waals surface area contributed by atoms with Gasteiger partial charge in [-0.05, 0) is 57.8 Å². The number of carbonyl (C=O) groups is 1. The summed E-state index contributed by atoms with van der Waals surface area (Å²) in [6.07, 6.45) is 3.84. The molecule has 0 aliphatic heterocycles. The fraction of sp³-hybridized carbons (Fsp3) is 0.333. The van der Waals surface area contributed by atoms with Gasteiger partial charge in [-0.25, -0.2) is 4.98 Å². The summed E-state index contributed by atoms with van der Waals surface area (Å²) in [6.45, 7) is 3.34. The van der Waals surface area contributed by atoms with Crippen LogP contribution in [0.4, 0.5) is 10.1 Å². The molecule has 0 saturated carbocycles. The molecule has 0 bridgehead atoms. The lowest BCUT2D eigenvalue weighted by Gasteiger charge is -2.19. The lowest BCUT2D eigenvalue weighted by Crippen LogP contribution is -2.32. The standard InChI is InChI=1S/C21H24N4O4S2.ClH/c1-14-6-9-16(29-4)19-20(14)31-21(22-19)24(13-5-12-23(2)3)17(26)10-7-15-8-11-18(30-15)25(27)28;/h6-11H,5,12-13H2,1-4H3;1H. The highest BCUT2D eigenvalue weighted by Crippen LogP contribution is 2.36. The molecule has 0 unspecified atom stereocenters. The predicted molar refractivity (Wildman–Crippen MR) is 134 cm³/mol. The number of hydrogen-bond acceptors (Lipinski definition) is 8. The number of halogens is 1. The van der Waals surface area contributed by atoms with Gasteiger partial charge in [0, 0.05) is 23.6 Å². The van der Waals surface area contributed by atoms with E-state index in [0.29, 0.717) is 22.3 Å². The van der Waals surface area contributed by atoms with Crippen molar-refractivity contribution in [2.45, 2.75) is 13.3 Å². The van der Waals surface area contributed by atoms with Crippen LogP contribution in [0, 0.1) is 17.0 Å². The van der Waals surface area contributed by atoms with E-state index in [9.17, 15) is 14.9 Å². The largest absolute Gasteiger partial charge is 0.494 e. The highest BCUT2D eigenvalue weighted by atomic mass is 35.5. The lowest BCUT2D eigenvalue weighted by molar-refractivity contribution is -0.380. The van der Waals surface area contributed by atoms with E-state index in [2.05, 4.69) is 4.90 Å². The first-order valence-corrected chi connectivity index (χ1v) is 11.3. The number of benzene rings is 1. The number of carbonyl (C=O) groups excluding carboxylic acids is 1. The van der Waals surface area contributed by atoms with Crippen LogP contribution in [0.5, 0.6) is 5.75 Å². The van der Waals surface area contributed by atoms with Gasteiger partial charge in [0.05, 0.1) is 16.7 Å². The van der Waals surface area contributed by atoms with Gasteiger partial charge in [0.25, 0.3) is 5.91 Å². The molecule has 3 aromatic rings. The predicted octanol–water partition coefficient (Wildman–Crippen LogP) is 5.00. The Morgan fingerprint density at radius 2 is 1.97 bits per heavy atom. The summed E-state index contributed by atoms with van der Waals surface area (Å²) in [5.41, 5.74) is 1.81. The minimum atomic E-state index is -0.436. The fourth-order valence-electron chi connectivity index (χ4n) is 3.00. The SMILES string of the molecule is COc1ccc(C)c2sc(N(CCCN(C)C)C(=O)C=Cc3ccc([N+](=O)[O-])s3)nc12.Cl. The second kappa shape index (κ2) is 11.4. The first-order chi connectivity index (χ1) is 14.8. The fourth-order valence-corrected chi connectivity index (χ4v) is 4.80. The number of ether oxygens (including phenoxy) is 1. The molecule has 8 nitrogen and oxygen atoms in total. The van der Waals surface area contributed by atoms with E-state index >= 15 is 0 Å². The summed E-state index contributed by atoms with van der Waals surface area (Å²) in [5.74, 6) is 0.454. The Balaban J connectivity index is 0.00000363. The van der Waals surface area contributed by atoms with Crippen molar-refractivity contribution in [3.63, 3.8) is 0 Å². The third-order valence-corrected chi connectivity index (χ3v) is 6.79. The summed E-state index contributed by atoms with van der Waals surface area (Å²) < 4.78 is 6.43. The molecule has 0 saturated heterocycles. The van der Waals surface area contributed by atoms with E-state index < -0.39 is 4.92 Å². The van der Waals surface area contributed by atoms with Gasteiger partial charge in [-0.15, -0.1) is 12.4 Å². The second-order valence-corrected chi connectivity index (χ2v) is 9.24. The third kappa shape index (κ3) is 6.04. The Hall–Kier alpha value is -2.53. The minimum Gasteiger partial charge on any atom is -0.494 e. The Bertz CT molecular complexity index is 1130. The molecule has 0 N–H and O–H groups in total. The van der Waals surface area contributed by atoms with Crippen LogP contribution in [-0.2, 0) is 4.79 Å². The Kier molecular flexibility index (Phi) is 9.14. The topological polar surface area (TPSA) is 88.8 Å². The van der Waals surface area contributed by atoms with Crippen molar-refractivity contribution in [2.24, 2.45) is 0 Å². The highest BCUT2D eigenvalue weighted by molar-refractivity contribution is 7.22. The zero-order valence-electron chi connectivity index (χ0n) is 18.2. The van der Waals surface area contributed by atoms with Crippen molar-refractivity contribution in [3.05, 3.63) is 50.9 Å². The molecular formula is C21H25ClN4O4S2. The van der Waals surface area contributed by atoms with Crippen molar-refractivity contribution in [2.75, 3.05) is 39.2 Å². The lowest BCUT2D eigenvalue weighted by atomic mass is 10.2. The summed E-state index contributed by atoms with van der Waals surface area (Å²) in [5, 5.41) is 11.5. The van der Waals surface area contributed by atoms with E-state index in [1.54, 1.807) is 24.2 Å². The van der Waals surface area contributed by atoms with Crippen LogP contribution in [-0.4, -0.2) is 55.0 Å². The molecule has 2 heterocycles. The molecule has 2 aromatic heterocycles. The van der Waals surface area contributed by atoms with Gasteiger partial charge in [0.1, 0.15) is 11.3 Å². The number of fused-ring (bicyclic) bond motifs is 1. The molecular weight excluding hydrogens is 472 g/mol. The molecule has 0 aliphatic carbocycles. The number of methoxy groups -OCH3 is 1. The maximum atomic E-state index is 13.1. The van der Waals surface area contributed by atoms with Gasteiger partial charge < -0.3 is 9.64 Å². The van der Waals surface area contributed by atoms with Crippen LogP contribution in [0.2, 0.25) is 0 Å². The molecule has 0 atom stereocenters. The Morgan fingerprint density at radius 1 is 1.22 bits per heavy atom. The van der Waals surface area contributed by atoms with Gasteiger partial charge in [-0.3, -0.25) is 19.8 Å². The zero-order valence-corrected chi connectivity index (χ0v) is 20.7. The summed E-state index contributed by atoms with van der Waals surface area (Å²) in [7, 11) is 5.58. The van der Waals surface area contributed by atoms with E-state index in [0.717, 1.165) is 40.1 Å². The maximum absolute atomic E-state index is 13.1. The van der Waals surface area contributed by atoms with Gasteiger partial charge in [-0.2, -0.15) is 0 Å². The average molecular weight is 497 g/mol. The number of rotatable bonds is 9. The highest BCUT2D eigenvalue weighted by Gasteiger charge is 2.20. The van der Waals surface area contributed by atoms with Crippen LogP contribution >= 0.6 is 35.1 Å². The van der Waals surface area contributed by atoms with Gasteiger partial charge >= 0.3 is 5.00 Å². The smallest absolute Gasteiger partial charge is 0.324 e. The molecule has 0 spiro atoms. The number of hydrogen-bond donors (Lipinski definition) is 0. The summed E-state index contributed by atoms with van der Waals surface area (Å²) in [4.78, 5) is 32.6. The van der Waals surface area contributed by atoms with Gasteiger partial charge in [0.15, 0.2) is 5.13 Å². The number of aryl methyl sites for hydroxylation is 1. The van der Waals surface area contributed by atoms with Crippen molar-refractivity contribution < 1.29 is 14.5 Å². The van der Waals surface area contributed by atoms with Crippen LogP contribution in [0.15, 0.2) is 30.3 Å². The van der Waals surface area contributed by atoms with E-state index in [4.69, 9.17) is 9.72 Å². The summed E-state index contributed by atoms with van der Waals surface area (Å²) >= 11 is 2.49. The third-order valence-electron chi connectivity index (χ3n) is 4.58. The molecule has 3 rings (SSSR count). The summed E-state index contributed by atoms with van der Waals surface area (Å²) in [6, 6.07) is 6.93. The molecule has 0 fully saturated rings. The molecule has 0 radical (unpaired) electrons. The number of aromatic nitrogens is 1. The average Bonchev–Trinajstić information content (AvgIpc) is 3.37.